The van der Waals surface area contributed by atoms with Crippen molar-refractivity contribution >= 4 is 0 Å². The van der Waals surface area contributed by atoms with Crippen LogP contribution in [-0.4, -0.2) is 0 Å². The van der Waals surface area contributed by atoms with Gasteiger partial charge in [0.15, 0.2) is 0 Å². The highest BCUT2D eigenvalue weighted by Crippen LogP contribution is 2.29. The Labute approximate surface area is 104 Å². The lowest BCUT2D eigenvalue weighted by Crippen LogP contribution is -1.91. The minimum absolute atomic E-state index is 0. The van der Waals surface area contributed by atoms with Crippen LogP contribution in [0.4, 0.5) is 0 Å². The normalized spacial score (nSPS) is 9.88. The van der Waals surface area contributed by atoms with Crippen molar-refractivity contribution in [3.63, 3.8) is 0 Å². The molecule has 1 heteroatoms. The van der Waals surface area contributed by atoms with E-state index in [-0.39, 0.29) is 6.15 Å². The van der Waals surface area contributed by atoms with E-state index in [4.69, 9.17) is 0 Å². The molecule has 0 heterocycles. The fraction of sp³-hybridized carbons (Fsp3) is 0.250. The standard InChI is InChI=1S/C16H18.H3N/c1-11-7-5-9-15(13(11)3)16-10-6-8-12(2)14(16)4;/h5-10H,1-4H3;1H3. The molecule has 2 aromatic carbocycles. The molecule has 0 fully saturated rings. The molecule has 0 saturated carbocycles. The summed E-state index contributed by atoms with van der Waals surface area (Å²) in [5, 5.41) is 0. The highest BCUT2D eigenvalue weighted by Gasteiger charge is 2.07. The van der Waals surface area contributed by atoms with Crippen molar-refractivity contribution < 1.29 is 0 Å². The molecule has 1 nitrogen and oxygen atoms in total. The highest BCUT2D eigenvalue weighted by molar-refractivity contribution is 5.72. The molecule has 17 heavy (non-hydrogen) atoms. The van der Waals surface area contributed by atoms with Gasteiger partial charge < -0.3 is 6.15 Å². The highest BCUT2D eigenvalue weighted by atomic mass is 14.1. The van der Waals surface area contributed by atoms with Gasteiger partial charge in [0.2, 0.25) is 0 Å². The molecule has 0 radical (unpaired) electrons. The molecule has 0 atom stereocenters. The maximum Gasteiger partial charge on any atom is -0.0149 e. The SMILES string of the molecule is Cc1cccc(-c2cccc(C)c2C)c1C.N. The Morgan fingerprint density at radius 2 is 0.941 bits per heavy atom. The number of rotatable bonds is 1. The van der Waals surface area contributed by atoms with E-state index in [1.54, 1.807) is 0 Å². The van der Waals surface area contributed by atoms with E-state index in [9.17, 15) is 0 Å². The van der Waals surface area contributed by atoms with Gasteiger partial charge in [-0.1, -0.05) is 36.4 Å². The molecule has 0 aliphatic carbocycles. The minimum Gasteiger partial charge on any atom is -0.344 e. The lowest BCUT2D eigenvalue weighted by atomic mass is 9.92. The van der Waals surface area contributed by atoms with Crippen LogP contribution in [0.5, 0.6) is 0 Å². The second-order valence-electron chi connectivity index (χ2n) is 4.49. The summed E-state index contributed by atoms with van der Waals surface area (Å²) >= 11 is 0. The summed E-state index contributed by atoms with van der Waals surface area (Å²) in [5.74, 6) is 0. The summed E-state index contributed by atoms with van der Waals surface area (Å²) in [5.41, 5.74) is 8.21. The Balaban J connectivity index is 0.00000144. The van der Waals surface area contributed by atoms with Crippen LogP contribution in [-0.2, 0) is 0 Å². The number of aryl methyl sites for hydroxylation is 2. The Bertz CT molecular complexity index is 478. The Hall–Kier alpha value is -1.60. The first-order valence-electron chi connectivity index (χ1n) is 5.74. The smallest absolute Gasteiger partial charge is 0.0149 e. The van der Waals surface area contributed by atoms with Gasteiger partial charge in [0.25, 0.3) is 0 Å². The van der Waals surface area contributed by atoms with Gasteiger partial charge in [-0.2, -0.15) is 0 Å². The third-order valence-corrected chi connectivity index (χ3v) is 3.50. The molecular formula is C16H21N. The maximum absolute atomic E-state index is 2.21. The fourth-order valence-electron chi connectivity index (χ4n) is 2.09. The predicted molar refractivity (Wildman–Crippen MR) is 75.8 cm³/mol. The molecule has 0 bridgehead atoms. The summed E-state index contributed by atoms with van der Waals surface area (Å²) in [7, 11) is 0. The number of hydrogen-bond donors (Lipinski definition) is 1. The lowest BCUT2D eigenvalue weighted by Gasteiger charge is -2.12. The van der Waals surface area contributed by atoms with Crippen LogP contribution in [0.25, 0.3) is 11.1 Å². The van der Waals surface area contributed by atoms with E-state index in [1.807, 2.05) is 0 Å². The zero-order valence-electron chi connectivity index (χ0n) is 11.2. The maximum atomic E-state index is 2.21. The van der Waals surface area contributed by atoms with Crippen molar-refractivity contribution in [1.29, 1.82) is 0 Å². The second kappa shape index (κ2) is 5.15. The van der Waals surface area contributed by atoms with Gasteiger partial charge in [-0.25, -0.2) is 0 Å². The van der Waals surface area contributed by atoms with E-state index in [0.717, 1.165) is 0 Å². The Kier molecular flexibility index (Phi) is 4.08. The van der Waals surface area contributed by atoms with Crippen LogP contribution in [0.1, 0.15) is 22.3 Å². The summed E-state index contributed by atoms with van der Waals surface area (Å²) < 4.78 is 0. The predicted octanol–water partition coefficient (Wildman–Crippen LogP) is 4.75. The largest absolute Gasteiger partial charge is 0.344 e. The monoisotopic (exact) mass is 227 g/mol. The second-order valence-corrected chi connectivity index (χ2v) is 4.49. The zero-order valence-corrected chi connectivity index (χ0v) is 11.2. The van der Waals surface area contributed by atoms with Crippen LogP contribution >= 0.6 is 0 Å². The first kappa shape index (κ1) is 13.5. The van der Waals surface area contributed by atoms with Crippen LogP contribution in [0.2, 0.25) is 0 Å². The van der Waals surface area contributed by atoms with Crippen molar-refractivity contribution in [2.75, 3.05) is 0 Å². The molecule has 0 amide bonds. The third-order valence-electron chi connectivity index (χ3n) is 3.50. The van der Waals surface area contributed by atoms with Gasteiger partial charge in [-0.15, -0.1) is 0 Å². The fourth-order valence-corrected chi connectivity index (χ4v) is 2.09. The Morgan fingerprint density at radius 1 is 0.588 bits per heavy atom. The Morgan fingerprint density at radius 3 is 1.29 bits per heavy atom. The molecule has 0 aromatic heterocycles. The van der Waals surface area contributed by atoms with Gasteiger partial charge in [0.1, 0.15) is 0 Å². The van der Waals surface area contributed by atoms with Crippen molar-refractivity contribution in [2.45, 2.75) is 27.7 Å². The van der Waals surface area contributed by atoms with Crippen molar-refractivity contribution in [3.05, 3.63) is 58.7 Å². The van der Waals surface area contributed by atoms with Gasteiger partial charge in [0, 0.05) is 0 Å². The molecule has 0 unspecified atom stereocenters. The van der Waals surface area contributed by atoms with Gasteiger partial charge in [-0.05, 0) is 61.1 Å². The molecular weight excluding hydrogens is 206 g/mol. The van der Waals surface area contributed by atoms with Gasteiger partial charge in [0.05, 0.1) is 0 Å². The average molecular weight is 227 g/mol. The molecule has 90 valence electrons. The molecule has 0 aliphatic heterocycles. The third kappa shape index (κ3) is 2.40. The quantitative estimate of drug-likeness (QED) is 0.749. The molecule has 3 N–H and O–H groups in total. The van der Waals surface area contributed by atoms with E-state index in [0.29, 0.717) is 0 Å². The van der Waals surface area contributed by atoms with Crippen LogP contribution in [0.3, 0.4) is 0 Å². The topological polar surface area (TPSA) is 35.0 Å². The first-order chi connectivity index (χ1) is 7.61. The molecule has 0 aliphatic rings. The summed E-state index contributed by atoms with van der Waals surface area (Å²) in [4.78, 5) is 0. The van der Waals surface area contributed by atoms with E-state index < -0.39 is 0 Å². The van der Waals surface area contributed by atoms with Crippen LogP contribution in [0.15, 0.2) is 36.4 Å². The van der Waals surface area contributed by atoms with E-state index in [2.05, 4.69) is 64.1 Å². The zero-order chi connectivity index (χ0) is 11.7. The number of benzene rings is 2. The molecule has 2 rings (SSSR count). The van der Waals surface area contributed by atoms with Crippen molar-refractivity contribution in [2.24, 2.45) is 0 Å². The lowest BCUT2D eigenvalue weighted by molar-refractivity contribution is 1.30. The van der Waals surface area contributed by atoms with E-state index in [1.165, 1.54) is 33.4 Å². The molecule has 2 aromatic rings. The van der Waals surface area contributed by atoms with Crippen LogP contribution in [0, 0.1) is 27.7 Å². The van der Waals surface area contributed by atoms with E-state index >= 15 is 0 Å². The minimum atomic E-state index is 0. The van der Waals surface area contributed by atoms with Crippen molar-refractivity contribution in [3.8, 4) is 11.1 Å². The summed E-state index contributed by atoms with van der Waals surface area (Å²) in [6, 6.07) is 13.0. The van der Waals surface area contributed by atoms with Gasteiger partial charge >= 0.3 is 0 Å². The van der Waals surface area contributed by atoms with Gasteiger partial charge in [-0.3, -0.25) is 0 Å². The summed E-state index contributed by atoms with van der Waals surface area (Å²) in [6.07, 6.45) is 0. The first-order valence-corrected chi connectivity index (χ1v) is 5.74. The van der Waals surface area contributed by atoms with Crippen LogP contribution < -0.4 is 6.15 Å². The molecule has 0 saturated heterocycles. The average Bonchev–Trinajstić information content (AvgIpc) is 2.27. The van der Waals surface area contributed by atoms with Crippen molar-refractivity contribution in [1.82, 2.24) is 6.15 Å². The number of hydrogen-bond acceptors (Lipinski definition) is 1. The summed E-state index contributed by atoms with van der Waals surface area (Å²) in [6.45, 7) is 8.74. The molecule has 0 spiro atoms.